The average Bonchev–Trinajstić information content (AvgIpc) is 2.41. The molecule has 0 heterocycles. The fourth-order valence-corrected chi connectivity index (χ4v) is 2.15. The van der Waals surface area contributed by atoms with Crippen molar-refractivity contribution in [3.8, 4) is 11.5 Å². The smallest absolute Gasteiger partial charge is 0.347 e. The van der Waals surface area contributed by atoms with E-state index >= 15 is 0 Å². The minimum atomic E-state index is -0.430. The van der Waals surface area contributed by atoms with E-state index < -0.39 is 5.97 Å². The summed E-state index contributed by atoms with van der Waals surface area (Å²) in [7, 11) is 0. The van der Waals surface area contributed by atoms with Gasteiger partial charge in [-0.2, -0.15) is 0 Å². The first-order valence-electron chi connectivity index (χ1n) is 6.31. The van der Waals surface area contributed by atoms with Crippen LogP contribution in [0.25, 0.3) is 0 Å². The van der Waals surface area contributed by atoms with Gasteiger partial charge in [0.15, 0.2) is 0 Å². The van der Waals surface area contributed by atoms with Crippen molar-refractivity contribution in [2.24, 2.45) is 0 Å². The number of ether oxygens (including phenoxy) is 2. The average molecular weight is 335 g/mol. The van der Waals surface area contributed by atoms with Gasteiger partial charge in [0.25, 0.3) is 0 Å². The topological polar surface area (TPSA) is 35.5 Å². The zero-order valence-electron chi connectivity index (χ0n) is 11.4. The molecule has 0 aliphatic rings. The van der Waals surface area contributed by atoms with Crippen molar-refractivity contribution in [3.63, 3.8) is 0 Å². The van der Waals surface area contributed by atoms with Crippen LogP contribution in [0.5, 0.6) is 11.5 Å². The number of halogens is 1. The molecule has 0 radical (unpaired) electrons. The number of hydrogen-bond donors (Lipinski definition) is 0. The van der Waals surface area contributed by atoms with Crippen LogP contribution in [0.4, 0.5) is 0 Å². The van der Waals surface area contributed by atoms with Gasteiger partial charge in [-0.3, -0.25) is 0 Å². The third-order valence-corrected chi connectivity index (χ3v) is 3.15. The van der Waals surface area contributed by atoms with Crippen molar-refractivity contribution in [2.45, 2.75) is 13.8 Å². The van der Waals surface area contributed by atoms with Gasteiger partial charge in [-0.25, -0.2) is 4.79 Å². The van der Waals surface area contributed by atoms with Crippen molar-refractivity contribution in [3.05, 3.63) is 58.1 Å². The molecule has 104 valence electrons. The normalized spacial score (nSPS) is 10.2. The summed E-state index contributed by atoms with van der Waals surface area (Å²) in [5, 5.41) is 0. The van der Waals surface area contributed by atoms with Gasteiger partial charge in [0.2, 0.25) is 0 Å². The maximum absolute atomic E-state index is 12.3. The quantitative estimate of drug-likeness (QED) is 0.615. The third-order valence-electron chi connectivity index (χ3n) is 2.66. The van der Waals surface area contributed by atoms with Crippen molar-refractivity contribution >= 4 is 21.9 Å². The van der Waals surface area contributed by atoms with Crippen LogP contribution in [0.2, 0.25) is 0 Å². The summed E-state index contributed by atoms with van der Waals surface area (Å²) in [6, 6.07) is 12.6. The lowest BCUT2D eigenvalue weighted by molar-refractivity contribution is 0.0730. The van der Waals surface area contributed by atoms with Crippen LogP contribution in [0.1, 0.15) is 22.8 Å². The maximum atomic E-state index is 12.3. The molecule has 0 fully saturated rings. The number of aryl methyl sites for hydroxylation is 1. The standard InChI is InChI=1S/C16H15BrO3/c1-3-19-15-8-7-12(17)10-14(15)16(18)20-13-6-4-5-11(2)9-13/h4-10H,3H2,1-2H3. The Bertz CT molecular complexity index is 623. The Labute approximate surface area is 126 Å². The second-order valence-corrected chi connectivity index (χ2v) is 5.20. The lowest BCUT2D eigenvalue weighted by Crippen LogP contribution is -2.11. The second-order valence-electron chi connectivity index (χ2n) is 4.28. The molecule has 4 heteroatoms. The van der Waals surface area contributed by atoms with Gasteiger partial charge < -0.3 is 9.47 Å². The predicted octanol–water partition coefficient (Wildman–Crippen LogP) is 4.38. The first kappa shape index (κ1) is 14.6. The van der Waals surface area contributed by atoms with Gasteiger partial charge in [0.05, 0.1) is 6.61 Å². The molecular weight excluding hydrogens is 320 g/mol. The van der Waals surface area contributed by atoms with E-state index in [2.05, 4.69) is 15.9 Å². The van der Waals surface area contributed by atoms with Gasteiger partial charge in [-0.1, -0.05) is 28.1 Å². The zero-order chi connectivity index (χ0) is 14.5. The number of esters is 1. The molecule has 0 unspecified atom stereocenters. The fourth-order valence-electron chi connectivity index (χ4n) is 1.78. The van der Waals surface area contributed by atoms with Crippen LogP contribution >= 0.6 is 15.9 Å². The second kappa shape index (κ2) is 6.57. The molecule has 3 nitrogen and oxygen atoms in total. The van der Waals surface area contributed by atoms with E-state index in [1.165, 1.54) is 0 Å². The SMILES string of the molecule is CCOc1ccc(Br)cc1C(=O)Oc1cccc(C)c1. The Hall–Kier alpha value is -1.81. The van der Waals surface area contributed by atoms with Crippen LogP contribution in [0.15, 0.2) is 46.9 Å². The first-order chi connectivity index (χ1) is 9.60. The van der Waals surface area contributed by atoms with Crippen LogP contribution in [-0.4, -0.2) is 12.6 Å². The molecule has 0 aromatic heterocycles. The highest BCUT2D eigenvalue weighted by atomic mass is 79.9. The highest BCUT2D eigenvalue weighted by Gasteiger charge is 2.15. The highest BCUT2D eigenvalue weighted by Crippen LogP contribution is 2.25. The van der Waals surface area contributed by atoms with Gasteiger partial charge in [-0.05, 0) is 49.7 Å². The van der Waals surface area contributed by atoms with Gasteiger partial charge in [-0.15, -0.1) is 0 Å². The van der Waals surface area contributed by atoms with E-state index in [0.717, 1.165) is 10.0 Å². The van der Waals surface area contributed by atoms with Gasteiger partial charge >= 0.3 is 5.97 Å². The largest absolute Gasteiger partial charge is 0.493 e. The Morgan fingerprint density at radius 1 is 1.20 bits per heavy atom. The van der Waals surface area contributed by atoms with Crippen LogP contribution in [-0.2, 0) is 0 Å². The lowest BCUT2D eigenvalue weighted by atomic mass is 10.2. The van der Waals surface area contributed by atoms with E-state index in [4.69, 9.17) is 9.47 Å². The molecule has 0 aliphatic carbocycles. The molecule has 0 saturated heterocycles. The Morgan fingerprint density at radius 2 is 2.00 bits per heavy atom. The van der Waals surface area contributed by atoms with E-state index in [0.29, 0.717) is 23.7 Å². The third kappa shape index (κ3) is 3.61. The van der Waals surface area contributed by atoms with E-state index in [9.17, 15) is 4.79 Å². The van der Waals surface area contributed by atoms with Crippen LogP contribution < -0.4 is 9.47 Å². The van der Waals surface area contributed by atoms with Crippen molar-refractivity contribution in [1.29, 1.82) is 0 Å². The molecule has 0 aliphatic heterocycles. The number of carbonyl (C=O) groups excluding carboxylic acids is 1. The molecule has 0 atom stereocenters. The number of benzene rings is 2. The monoisotopic (exact) mass is 334 g/mol. The summed E-state index contributed by atoms with van der Waals surface area (Å²) in [6.07, 6.45) is 0. The van der Waals surface area contributed by atoms with Crippen molar-refractivity contribution < 1.29 is 14.3 Å². The molecular formula is C16H15BrO3. The maximum Gasteiger partial charge on any atom is 0.347 e. The Morgan fingerprint density at radius 3 is 2.70 bits per heavy atom. The molecule has 0 N–H and O–H groups in total. The number of rotatable bonds is 4. The number of carbonyl (C=O) groups is 1. The summed E-state index contributed by atoms with van der Waals surface area (Å²) in [5.41, 5.74) is 1.44. The van der Waals surface area contributed by atoms with E-state index in [1.807, 2.05) is 38.1 Å². The molecule has 0 amide bonds. The molecule has 0 bridgehead atoms. The van der Waals surface area contributed by atoms with Crippen LogP contribution in [0, 0.1) is 6.92 Å². The Balaban J connectivity index is 2.26. The summed E-state index contributed by atoms with van der Waals surface area (Å²) in [4.78, 5) is 12.3. The summed E-state index contributed by atoms with van der Waals surface area (Å²) in [6.45, 7) is 4.31. The van der Waals surface area contributed by atoms with Crippen molar-refractivity contribution in [1.82, 2.24) is 0 Å². The molecule has 20 heavy (non-hydrogen) atoms. The molecule has 2 aromatic rings. The molecule has 2 rings (SSSR count). The Kier molecular flexibility index (Phi) is 4.79. The summed E-state index contributed by atoms with van der Waals surface area (Å²) in [5.74, 6) is 0.617. The minimum absolute atomic E-state index is 0.405. The summed E-state index contributed by atoms with van der Waals surface area (Å²) >= 11 is 3.35. The predicted molar refractivity (Wildman–Crippen MR) is 81.4 cm³/mol. The van der Waals surface area contributed by atoms with Gasteiger partial charge in [0.1, 0.15) is 17.1 Å². The van der Waals surface area contributed by atoms with E-state index in [1.54, 1.807) is 18.2 Å². The highest BCUT2D eigenvalue weighted by molar-refractivity contribution is 9.10. The van der Waals surface area contributed by atoms with E-state index in [-0.39, 0.29) is 0 Å². The van der Waals surface area contributed by atoms with Gasteiger partial charge in [0, 0.05) is 4.47 Å². The fraction of sp³-hybridized carbons (Fsp3) is 0.188. The molecule has 0 spiro atoms. The molecule has 0 saturated carbocycles. The minimum Gasteiger partial charge on any atom is -0.493 e. The first-order valence-corrected chi connectivity index (χ1v) is 7.10. The molecule has 2 aromatic carbocycles. The van der Waals surface area contributed by atoms with Crippen molar-refractivity contribution in [2.75, 3.05) is 6.61 Å². The lowest BCUT2D eigenvalue weighted by Gasteiger charge is -2.10. The zero-order valence-corrected chi connectivity index (χ0v) is 12.9. The number of hydrogen-bond acceptors (Lipinski definition) is 3. The van der Waals surface area contributed by atoms with Crippen LogP contribution in [0.3, 0.4) is 0 Å². The summed E-state index contributed by atoms with van der Waals surface area (Å²) < 4.78 is 11.6.